The highest BCUT2D eigenvalue weighted by Crippen LogP contribution is 2.36. The second kappa shape index (κ2) is 4.70. The zero-order valence-electron chi connectivity index (χ0n) is 10.4. The molecule has 0 radical (unpaired) electrons. The summed E-state index contributed by atoms with van der Waals surface area (Å²) in [6, 6.07) is 0.602. The smallest absolute Gasteiger partial charge is 0.205 e. The quantitative estimate of drug-likeness (QED) is 0.877. The van der Waals surface area contributed by atoms with Crippen molar-refractivity contribution in [3.8, 4) is 0 Å². The molecule has 1 saturated carbocycles. The van der Waals surface area contributed by atoms with E-state index in [1.54, 1.807) is 11.3 Å². The Bertz CT molecular complexity index is 336. The van der Waals surface area contributed by atoms with Crippen LogP contribution >= 0.6 is 11.3 Å². The molecular weight excluding hydrogens is 218 g/mol. The van der Waals surface area contributed by atoms with Crippen molar-refractivity contribution in [2.24, 2.45) is 5.41 Å². The van der Waals surface area contributed by atoms with Crippen molar-refractivity contribution in [2.75, 3.05) is 5.32 Å². The van der Waals surface area contributed by atoms with Gasteiger partial charge >= 0.3 is 0 Å². The zero-order chi connectivity index (χ0) is 11.6. The lowest BCUT2D eigenvalue weighted by Gasteiger charge is -2.34. The number of anilines is 1. The van der Waals surface area contributed by atoms with E-state index < -0.39 is 0 Å². The van der Waals surface area contributed by atoms with Gasteiger partial charge in [-0.25, -0.2) is 0 Å². The fraction of sp³-hybridized carbons (Fsp3) is 0.833. The zero-order valence-corrected chi connectivity index (χ0v) is 11.2. The number of hydrogen-bond acceptors (Lipinski definition) is 4. The minimum absolute atomic E-state index is 0.536. The van der Waals surface area contributed by atoms with E-state index in [0.717, 1.165) is 16.6 Å². The summed E-state index contributed by atoms with van der Waals surface area (Å²) in [5, 5.41) is 14.0. The molecule has 3 nitrogen and oxygen atoms in total. The Balaban J connectivity index is 1.87. The van der Waals surface area contributed by atoms with Crippen molar-refractivity contribution in [1.82, 2.24) is 10.2 Å². The summed E-state index contributed by atoms with van der Waals surface area (Å²) in [5.41, 5.74) is 0.536. The lowest BCUT2D eigenvalue weighted by Crippen LogP contribution is -2.29. The Morgan fingerprint density at radius 3 is 2.56 bits per heavy atom. The van der Waals surface area contributed by atoms with Crippen LogP contribution in [0.1, 0.15) is 51.5 Å². The molecule has 1 aromatic rings. The van der Waals surface area contributed by atoms with Gasteiger partial charge in [-0.15, -0.1) is 10.2 Å². The Kier molecular flexibility index (Phi) is 3.47. The predicted molar refractivity (Wildman–Crippen MR) is 68.9 cm³/mol. The molecule has 0 spiro atoms. The summed E-state index contributed by atoms with van der Waals surface area (Å²) in [6.45, 7) is 6.85. The monoisotopic (exact) mass is 239 g/mol. The van der Waals surface area contributed by atoms with Gasteiger partial charge in [0, 0.05) is 6.04 Å². The first-order valence-electron chi connectivity index (χ1n) is 6.18. The molecule has 2 rings (SSSR count). The second-order valence-electron chi connectivity index (χ2n) is 5.44. The van der Waals surface area contributed by atoms with Crippen molar-refractivity contribution in [1.29, 1.82) is 0 Å². The normalized spacial score (nSPS) is 20.9. The minimum atomic E-state index is 0.536. The summed E-state index contributed by atoms with van der Waals surface area (Å²) in [6.07, 6.45) is 6.12. The maximum absolute atomic E-state index is 4.17. The fourth-order valence-electron chi connectivity index (χ4n) is 2.17. The molecule has 1 N–H and O–H groups in total. The van der Waals surface area contributed by atoms with Gasteiger partial charge in [-0.3, -0.25) is 0 Å². The van der Waals surface area contributed by atoms with Crippen LogP contribution in [0.5, 0.6) is 0 Å². The van der Waals surface area contributed by atoms with Gasteiger partial charge in [0.2, 0.25) is 5.13 Å². The number of aryl methyl sites for hydroxylation is 1. The SMILES string of the molecule is CCc1nnc(NC2CCC(C)(C)CC2)s1. The second-order valence-corrected chi connectivity index (χ2v) is 6.50. The first kappa shape index (κ1) is 11.8. The van der Waals surface area contributed by atoms with Crippen molar-refractivity contribution in [2.45, 2.75) is 58.9 Å². The molecule has 0 aromatic carbocycles. The maximum Gasteiger partial charge on any atom is 0.205 e. The van der Waals surface area contributed by atoms with E-state index in [-0.39, 0.29) is 0 Å². The van der Waals surface area contributed by atoms with E-state index >= 15 is 0 Å². The summed E-state index contributed by atoms with van der Waals surface area (Å²) >= 11 is 1.69. The summed E-state index contributed by atoms with van der Waals surface area (Å²) in [7, 11) is 0. The Hall–Kier alpha value is -0.640. The Morgan fingerprint density at radius 2 is 2.00 bits per heavy atom. The van der Waals surface area contributed by atoms with E-state index in [4.69, 9.17) is 0 Å². The van der Waals surface area contributed by atoms with Gasteiger partial charge in [0.15, 0.2) is 0 Å². The first-order chi connectivity index (χ1) is 7.59. The number of nitrogens with zero attached hydrogens (tertiary/aromatic N) is 2. The predicted octanol–water partition coefficient (Wildman–Crippen LogP) is 3.48. The molecule has 16 heavy (non-hydrogen) atoms. The molecule has 0 unspecified atom stereocenters. The molecule has 1 aliphatic rings. The molecule has 0 bridgehead atoms. The van der Waals surface area contributed by atoms with Crippen molar-refractivity contribution < 1.29 is 0 Å². The fourth-order valence-corrected chi connectivity index (χ4v) is 2.93. The Morgan fingerprint density at radius 1 is 1.31 bits per heavy atom. The van der Waals surface area contributed by atoms with Gasteiger partial charge in [-0.2, -0.15) is 0 Å². The molecule has 4 heteroatoms. The van der Waals surface area contributed by atoms with Crippen LogP contribution in [-0.2, 0) is 6.42 Å². The van der Waals surface area contributed by atoms with Crippen LogP contribution in [0.15, 0.2) is 0 Å². The summed E-state index contributed by atoms with van der Waals surface area (Å²) < 4.78 is 0. The average Bonchev–Trinajstić information content (AvgIpc) is 2.69. The van der Waals surface area contributed by atoms with Gasteiger partial charge in [-0.1, -0.05) is 32.1 Å². The van der Waals surface area contributed by atoms with Crippen molar-refractivity contribution in [3.05, 3.63) is 5.01 Å². The van der Waals surface area contributed by atoms with Crippen LogP contribution in [0.25, 0.3) is 0 Å². The lowest BCUT2D eigenvalue weighted by molar-refractivity contribution is 0.232. The molecule has 1 heterocycles. The van der Waals surface area contributed by atoms with Crippen LogP contribution < -0.4 is 5.32 Å². The highest BCUT2D eigenvalue weighted by molar-refractivity contribution is 7.15. The largest absolute Gasteiger partial charge is 0.357 e. The number of aromatic nitrogens is 2. The molecule has 90 valence electrons. The van der Waals surface area contributed by atoms with Gasteiger partial charge in [-0.05, 0) is 37.5 Å². The van der Waals surface area contributed by atoms with Crippen LogP contribution in [-0.4, -0.2) is 16.2 Å². The average molecular weight is 239 g/mol. The standard InChI is InChI=1S/C12H21N3S/c1-4-10-14-15-11(16-10)13-9-5-7-12(2,3)8-6-9/h9H,4-8H2,1-3H3,(H,13,15). The highest BCUT2D eigenvalue weighted by atomic mass is 32.1. The van der Waals surface area contributed by atoms with E-state index in [0.29, 0.717) is 11.5 Å². The number of hydrogen-bond donors (Lipinski definition) is 1. The van der Waals surface area contributed by atoms with E-state index in [2.05, 4.69) is 36.3 Å². The van der Waals surface area contributed by atoms with E-state index in [1.165, 1.54) is 25.7 Å². The molecule has 0 saturated heterocycles. The number of rotatable bonds is 3. The molecule has 0 amide bonds. The maximum atomic E-state index is 4.17. The van der Waals surface area contributed by atoms with Crippen molar-refractivity contribution in [3.63, 3.8) is 0 Å². The highest BCUT2D eigenvalue weighted by Gasteiger charge is 2.27. The molecule has 1 aromatic heterocycles. The molecule has 1 aliphatic carbocycles. The van der Waals surface area contributed by atoms with Gasteiger partial charge in [0.1, 0.15) is 5.01 Å². The topological polar surface area (TPSA) is 37.8 Å². The van der Waals surface area contributed by atoms with Gasteiger partial charge < -0.3 is 5.32 Å². The van der Waals surface area contributed by atoms with E-state index in [1.807, 2.05) is 0 Å². The third-order valence-electron chi connectivity index (χ3n) is 3.44. The molecular formula is C12H21N3S. The third-order valence-corrected chi connectivity index (χ3v) is 4.43. The number of nitrogens with one attached hydrogen (secondary N) is 1. The van der Waals surface area contributed by atoms with Gasteiger partial charge in [0.25, 0.3) is 0 Å². The molecule has 0 atom stereocenters. The molecule has 0 aliphatic heterocycles. The summed E-state index contributed by atoms with van der Waals surface area (Å²) in [5.74, 6) is 0. The van der Waals surface area contributed by atoms with Crippen LogP contribution in [0.3, 0.4) is 0 Å². The minimum Gasteiger partial charge on any atom is -0.357 e. The lowest BCUT2D eigenvalue weighted by atomic mass is 9.76. The first-order valence-corrected chi connectivity index (χ1v) is 6.99. The van der Waals surface area contributed by atoms with Gasteiger partial charge in [0.05, 0.1) is 0 Å². The van der Waals surface area contributed by atoms with E-state index in [9.17, 15) is 0 Å². The van der Waals surface area contributed by atoms with Crippen LogP contribution in [0, 0.1) is 5.41 Å². The van der Waals surface area contributed by atoms with Crippen LogP contribution in [0.2, 0.25) is 0 Å². The third kappa shape index (κ3) is 2.94. The van der Waals surface area contributed by atoms with Crippen LogP contribution in [0.4, 0.5) is 5.13 Å². The summed E-state index contributed by atoms with van der Waals surface area (Å²) in [4.78, 5) is 0. The Labute approximate surface area is 102 Å². The molecule has 1 fully saturated rings. The van der Waals surface area contributed by atoms with Crippen molar-refractivity contribution >= 4 is 16.5 Å².